The van der Waals surface area contributed by atoms with Gasteiger partial charge in [-0.1, -0.05) is 32.9 Å². The number of amides is 1. The molecule has 0 spiro atoms. The van der Waals surface area contributed by atoms with Gasteiger partial charge in [-0.3, -0.25) is 9.00 Å². The number of carbonyl (C=O) groups excluding carboxylic acids is 1. The molecule has 4 aliphatic carbocycles. The lowest BCUT2D eigenvalue weighted by Crippen LogP contribution is -2.70. The van der Waals surface area contributed by atoms with Crippen LogP contribution in [0.5, 0.6) is 0 Å². The Morgan fingerprint density at radius 2 is 1.55 bits per heavy atom. The second-order valence-electron chi connectivity index (χ2n) is 20.0. The van der Waals surface area contributed by atoms with Gasteiger partial charge >= 0.3 is 5.97 Å². The summed E-state index contributed by atoms with van der Waals surface area (Å²) in [7, 11) is -1.84. The molecule has 2 heterocycles. The van der Waals surface area contributed by atoms with E-state index in [2.05, 4.69) is 69.1 Å². The standard InChI is InChI=1S/C45H69N3O4S/c1-31(2)34-16-19-45(30-46-23-9-24-47-26-28-53(8,52)29-27-47)21-20-43(6)35(38(34)45)14-15-37-42(5)22-25-48(41(3,4)36(42)17-18-44(37,43)7)39(49)32-10-12-33(13-11-32)40(50)51/h10-13,34-38,46H,1,8-9,14-30H2,2-7H3,(H,50,51)/t34-,35+,36-,37+,38+,42-,43+,44+,45+/m0/s1. The molecular weight excluding hydrogens is 679 g/mol. The normalized spacial score (nSPS) is 40.3. The zero-order chi connectivity index (χ0) is 38.2. The second-order valence-corrected chi connectivity index (χ2v) is 22.8. The molecule has 2 aliphatic heterocycles. The summed E-state index contributed by atoms with van der Waals surface area (Å²) in [5.41, 5.74) is 2.94. The van der Waals surface area contributed by atoms with Crippen LogP contribution in [0.25, 0.3) is 0 Å². The molecule has 8 heteroatoms. The minimum atomic E-state index is -1.84. The zero-order valence-corrected chi connectivity index (χ0v) is 34.6. The molecular formula is C45H69N3O4S. The number of hydrogen-bond acceptors (Lipinski definition) is 5. The molecule has 1 aromatic rings. The molecule has 4 saturated carbocycles. The summed E-state index contributed by atoms with van der Waals surface area (Å²) in [6, 6.07) is 6.49. The van der Waals surface area contributed by atoms with E-state index in [0.29, 0.717) is 40.6 Å². The Labute approximate surface area is 321 Å². The molecule has 6 fully saturated rings. The van der Waals surface area contributed by atoms with Crippen molar-refractivity contribution in [2.75, 3.05) is 50.8 Å². The van der Waals surface area contributed by atoms with E-state index < -0.39 is 15.5 Å². The van der Waals surface area contributed by atoms with Crippen LogP contribution in [-0.4, -0.2) is 93.2 Å². The molecule has 0 radical (unpaired) electrons. The van der Waals surface area contributed by atoms with Crippen LogP contribution in [0.1, 0.15) is 126 Å². The zero-order valence-electron chi connectivity index (χ0n) is 33.8. The predicted octanol–water partition coefficient (Wildman–Crippen LogP) is 7.86. The SMILES string of the molecule is C=C(C)[C@@H]1CC[C@]2(CNCCCN3CCS(=C)(=O)CC3)CC[C@]3(C)[C@H](CC[C@@H]4[C@@]5(C)CCN(C(=O)c6ccc(C(=O)O)cc6)C(C)(C)[C@@H]5CC[C@]43C)[C@@H]12. The molecule has 294 valence electrons. The molecule has 0 unspecified atom stereocenters. The van der Waals surface area contributed by atoms with E-state index in [1.807, 2.05) is 0 Å². The van der Waals surface area contributed by atoms with Crippen molar-refractivity contribution in [2.45, 2.75) is 111 Å². The van der Waals surface area contributed by atoms with Crippen LogP contribution in [0.4, 0.5) is 0 Å². The van der Waals surface area contributed by atoms with Crippen LogP contribution in [0, 0.1) is 51.2 Å². The highest BCUT2D eigenvalue weighted by Gasteiger charge is 2.71. The Hall–Kier alpha value is -2.16. The lowest BCUT2D eigenvalue weighted by atomic mass is 9.33. The number of carboxylic acids is 1. The van der Waals surface area contributed by atoms with Crippen LogP contribution in [0.15, 0.2) is 36.4 Å². The maximum Gasteiger partial charge on any atom is 0.335 e. The Bertz CT molecular complexity index is 1690. The van der Waals surface area contributed by atoms with Crippen molar-refractivity contribution >= 4 is 27.3 Å². The fourth-order valence-corrected chi connectivity index (χ4v) is 15.7. The van der Waals surface area contributed by atoms with Crippen LogP contribution in [0.2, 0.25) is 0 Å². The van der Waals surface area contributed by atoms with Crippen molar-refractivity contribution in [3.8, 4) is 0 Å². The van der Waals surface area contributed by atoms with Gasteiger partial charge in [0.2, 0.25) is 0 Å². The van der Waals surface area contributed by atoms with Crippen molar-refractivity contribution < 1.29 is 18.9 Å². The summed E-state index contributed by atoms with van der Waals surface area (Å²) in [6.45, 7) is 25.4. The van der Waals surface area contributed by atoms with E-state index in [4.69, 9.17) is 0 Å². The largest absolute Gasteiger partial charge is 0.478 e. The smallest absolute Gasteiger partial charge is 0.335 e. The molecule has 53 heavy (non-hydrogen) atoms. The molecule has 2 saturated heterocycles. The van der Waals surface area contributed by atoms with E-state index in [1.54, 1.807) is 24.3 Å². The first-order valence-corrected chi connectivity index (χ1v) is 23.0. The van der Waals surface area contributed by atoms with Crippen LogP contribution in [0.3, 0.4) is 0 Å². The van der Waals surface area contributed by atoms with Gasteiger partial charge in [0.25, 0.3) is 5.91 Å². The average molecular weight is 748 g/mol. The van der Waals surface area contributed by atoms with Crippen LogP contribution >= 0.6 is 0 Å². The van der Waals surface area contributed by atoms with Gasteiger partial charge in [0.1, 0.15) is 0 Å². The summed E-state index contributed by atoms with van der Waals surface area (Å²) in [5.74, 6) is 7.53. The summed E-state index contributed by atoms with van der Waals surface area (Å²) >= 11 is 0. The van der Waals surface area contributed by atoms with Gasteiger partial charge in [0.05, 0.1) is 5.56 Å². The topological polar surface area (TPSA) is 90.0 Å². The highest BCUT2D eigenvalue weighted by Crippen LogP contribution is 2.76. The molecule has 1 aromatic carbocycles. The summed E-state index contributed by atoms with van der Waals surface area (Å²) < 4.78 is 12.3. The lowest BCUT2D eigenvalue weighted by molar-refractivity contribution is -0.238. The second kappa shape index (κ2) is 13.8. The Kier molecular flexibility index (Phi) is 10.2. The Morgan fingerprint density at radius 1 is 0.868 bits per heavy atom. The first-order chi connectivity index (χ1) is 24.9. The number of allylic oxidation sites excluding steroid dienone is 1. The number of nitrogens with one attached hydrogen (secondary N) is 1. The Morgan fingerprint density at radius 3 is 2.21 bits per heavy atom. The molecule has 6 aliphatic rings. The number of rotatable bonds is 9. The molecule has 7 nitrogen and oxygen atoms in total. The summed E-state index contributed by atoms with van der Waals surface area (Å²) in [4.78, 5) is 30.1. The van der Waals surface area contributed by atoms with Gasteiger partial charge in [-0.2, -0.15) is 0 Å². The lowest BCUT2D eigenvalue weighted by Gasteiger charge is -2.73. The minimum Gasteiger partial charge on any atom is -0.478 e. The van der Waals surface area contributed by atoms with E-state index in [-0.39, 0.29) is 33.3 Å². The van der Waals surface area contributed by atoms with Crippen LogP contribution < -0.4 is 5.32 Å². The highest BCUT2D eigenvalue weighted by molar-refractivity contribution is 8.00. The maximum absolute atomic E-state index is 14.0. The first kappa shape index (κ1) is 39.1. The molecule has 0 aromatic heterocycles. The maximum atomic E-state index is 14.0. The monoisotopic (exact) mass is 748 g/mol. The van der Waals surface area contributed by atoms with Crippen molar-refractivity contribution in [1.29, 1.82) is 0 Å². The van der Waals surface area contributed by atoms with Gasteiger partial charge in [-0.05, 0) is 189 Å². The molecule has 0 bridgehead atoms. The highest BCUT2D eigenvalue weighted by atomic mass is 32.2. The van der Waals surface area contributed by atoms with Crippen molar-refractivity contribution in [2.24, 2.45) is 51.2 Å². The molecule has 7 rings (SSSR count). The van der Waals surface area contributed by atoms with E-state index in [1.165, 1.54) is 50.5 Å². The first-order valence-electron chi connectivity index (χ1n) is 21.0. The van der Waals surface area contributed by atoms with E-state index in [0.717, 1.165) is 70.0 Å². The third-order valence-electron chi connectivity index (χ3n) is 17.4. The number of carbonyl (C=O) groups is 2. The van der Waals surface area contributed by atoms with Gasteiger partial charge in [0, 0.05) is 48.8 Å². The van der Waals surface area contributed by atoms with Gasteiger partial charge in [-0.15, -0.1) is 0 Å². The van der Waals surface area contributed by atoms with Crippen molar-refractivity contribution in [3.05, 3.63) is 47.5 Å². The van der Waals surface area contributed by atoms with E-state index in [9.17, 15) is 18.9 Å². The fraction of sp³-hybridized carbons (Fsp3) is 0.756. The number of carboxylic acid groups (broad SMARTS) is 1. The van der Waals surface area contributed by atoms with Crippen LogP contribution in [-0.2, 0) is 9.52 Å². The van der Waals surface area contributed by atoms with Gasteiger partial charge < -0.3 is 20.2 Å². The molecule has 9 atom stereocenters. The number of benzene rings is 1. The van der Waals surface area contributed by atoms with Crippen molar-refractivity contribution in [3.63, 3.8) is 0 Å². The third kappa shape index (κ3) is 6.37. The average Bonchev–Trinajstić information content (AvgIpc) is 3.49. The number of hydrogen-bond donors (Lipinski definition) is 2. The third-order valence-corrected chi connectivity index (χ3v) is 19.3. The Balaban J connectivity index is 1.07. The summed E-state index contributed by atoms with van der Waals surface area (Å²) in [6.07, 6.45) is 12.3. The number of likely N-dealkylation sites (tertiary alicyclic amines) is 1. The molecule has 1 amide bonds. The van der Waals surface area contributed by atoms with Gasteiger partial charge in [0.15, 0.2) is 0 Å². The van der Waals surface area contributed by atoms with E-state index >= 15 is 0 Å². The fourth-order valence-electron chi connectivity index (χ4n) is 14.4. The quantitative estimate of drug-likeness (QED) is 0.152. The number of fused-ring (bicyclic) bond motifs is 7. The minimum absolute atomic E-state index is 0.0269. The number of aromatic carboxylic acids is 1. The number of piperidine rings is 1. The van der Waals surface area contributed by atoms with Crippen molar-refractivity contribution in [1.82, 2.24) is 15.1 Å². The summed E-state index contributed by atoms with van der Waals surface area (Å²) in [5, 5.41) is 13.4. The number of nitrogens with zero attached hydrogens (tertiary/aromatic N) is 2. The molecule has 2 N–H and O–H groups in total. The predicted molar refractivity (Wildman–Crippen MR) is 218 cm³/mol. The van der Waals surface area contributed by atoms with Gasteiger partial charge in [-0.25, -0.2) is 4.79 Å².